The van der Waals surface area contributed by atoms with Gasteiger partial charge in [-0.1, -0.05) is 23.7 Å². The third-order valence-electron chi connectivity index (χ3n) is 3.85. The number of hydrogen-bond acceptors (Lipinski definition) is 5. The molecule has 148 valence electrons. The monoisotopic (exact) mass is 430 g/mol. The van der Waals surface area contributed by atoms with Gasteiger partial charge >= 0.3 is 5.91 Å². The lowest BCUT2D eigenvalue weighted by Gasteiger charge is -2.08. The quantitative estimate of drug-likeness (QED) is 0.374. The summed E-state index contributed by atoms with van der Waals surface area (Å²) in [6.07, 6.45) is 0. The number of nitrogens with zero attached hydrogens (tertiary/aromatic N) is 3. The van der Waals surface area contributed by atoms with Crippen molar-refractivity contribution in [3.63, 3.8) is 0 Å². The van der Waals surface area contributed by atoms with Gasteiger partial charge in [0.2, 0.25) is 10.0 Å². The van der Waals surface area contributed by atoms with Crippen LogP contribution in [-0.4, -0.2) is 41.4 Å². The van der Waals surface area contributed by atoms with E-state index in [9.17, 15) is 13.2 Å². The molecule has 0 saturated carbocycles. The molecule has 8 nitrogen and oxygen atoms in total. The van der Waals surface area contributed by atoms with E-state index in [-0.39, 0.29) is 10.6 Å². The maximum atomic E-state index is 11.5. The van der Waals surface area contributed by atoms with E-state index >= 15 is 0 Å². The second kappa shape index (κ2) is 8.06. The molecule has 29 heavy (non-hydrogen) atoms. The average molecular weight is 431 g/mol. The van der Waals surface area contributed by atoms with Crippen LogP contribution in [0.25, 0.3) is 16.9 Å². The van der Waals surface area contributed by atoms with Crippen LogP contribution in [-0.2, 0) is 14.8 Å². The topological polar surface area (TPSA) is 119 Å². The first-order valence-electron chi connectivity index (χ1n) is 8.13. The first-order chi connectivity index (χ1) is 13.6. The van der Waals surface area contributed by atoms with Gasteiger partial charge in [-0.05, 0) is 42.3 Å². The molecule has 0 aliphatic carbocycles. The lowest BCUT2D eigenvalue weighted by Crippen LogP contribution is -2.20. The zero-order chi connectivity index (χ0) is 21.2. The minimum atomic E-state index is -3.82. The van der Waals surface area contributed by atoms with Gasteiger partial charge in [-0.25, -0.2) is 23.3 Å². The number of halogens is 1. The fourth-order valence-electron chi connectivity index (χ4n) is 2.44. The van der Waals surface area contributed by atoms with E-state index in [0.717, 1.165) is 5.56 Å². The molecule has 1 aromatic heterocycles. The molecular formula is C19H15ClN4O4S. The Morgan fingerprint density at radius 1 is 1.17 bits per heavy atom. The zero-order valence-electron chi connectivity index (χ0n) is 15.1. The van der Waals surface area contributed by atoms with Gasteiger partial charge in [-0.2, -0.15) is 5.10 Å². The summed E-state index contributed by atoms with van der Waals surface area (Å²) in [7, 11) is -2.65. The predicted octanol–water partition coefficient (Wildman–Crippen LogP) is 2.04. The largest absolute Gasteiger partial charge is 0.322 e. The molecule has 10 heteroatoms. The third-order valence-corrected chi connectivity index (χ3v) is 5.03. The summed E-state index contributed by atoms with van der Waals surface area (Å²) in [6.45, 7) is 0. The number of nitrogens with two attached hydrogens (primary N) is 1. The van der Waals surface area contributed by atoms with E-state index in [4.69, 9.17) is 21.9 Å². The molecule has 0 unspecified atom stereocenters. The lowest BCUT2D eigenvalue weighted by atomic mass is 10.1. The van der Waals surface area contributed by atoms with E-state index in [0.29, 0.717) is 21.5 Å². The predicted molar refractivity (Wildman–Crippen MR) is 107 cm³/mol. The van der Waals surface area contributed by atoms with Gasteiger partial charge < -0.3 is 0 Å². The summed E-state index contributed by atoms with van der Waals surface area (Å²) < 4.78 is 24.5. The van der Waals surface area contributed by atoms with Crippen molar-refractivity contribution in [3.05, 3.63) is 65.3 Å². The first kappa shape index (κ1) is 20.6. The molecule has 0 aliphatic heterocycles. The van der Waals surface area contributed by atoms with Crippen molar-refractivity contribution < 1.29 is 18.4 Å². The molecule has 3 aromatic rings. The Bertz CT molecular complexity index is 1220. The van der Waals surface area contributed by atoms with Crippen LogP contribution in [0.2, 0.25) is 5.02 Å². The van der Waals surface area contributed by atoms with E-state index in [1.807, 2.05) is 0 Å². The van der Waals surface area contributed by atoms with Crippen LogP contribution in [0.1, 0.15) is 5.69 Å². The average Bonchev–Trinajstić information content (AvgIpc) is 3.10. The summed E-state index contributed by atoms with van der Waals surface area (Å²) >= 11 is 5.96. The van der Waals surface area contributed by atoms with Gasteiger partial charge in [0.1, 0.15) is 5.69 Å². The van der Waals surface area contributed by atoms with Gasteiger partial charge in [0, 0.05) is 29.6 Å². The highest BCUT2D eigenvalue weighted by Crippen LogP contribution is 2.26. The van der Waals surface area contributed by atoms with Crippen molar-refractivity contribution in [1.82, 2.24) is 14.8 Å². The smallest absolute Gasteiger partial charge is 0.285 e. The molecule has 0 radical (unpaired) electrons. The molecule has 0 saturated heterocycles. The van der Waals surface area contributed by atoms with Gasteiger partial charge in [-0.3, -0.25) is 10.0 Å². The summed E-state index contributed by atoms with van der Waals surface area (Å²) in [5.41, 5.74) is 2.25. The van der Waals surface area contributed by atoms with E-state index in [1.165, 1.54) is 19.2 Å². The van der Waals surface area contributed by atoms with E-state index in [1.54, 1.807) is 47.1 Å². The molecule has 2 aromatic carbocycles. The van der Waals surface area contributed by atoms with Crippen LogP contribution in [0.15, 0.2) is 59.5 Å². The first-order valence-corrected chi connectivity index (χ1v) is 10.1. The summed E-state index contributed by atoms with van der Waals surface area (Å²) in [5.74, 6) is 4.09. The maximum absolute atomic E-state index is 11.5. The molecule has 0 bridgehead atoms. The van der Waals surface area contributed by atoms with Crippen LogP contribution in [0, 0.1) is 11.8 Å². The molecule has 0 atom stereocenters. The van der Waals surface area contributed by atoms with Crippen LogP contribution >= 0.6 is 11.6 Å². The molecule has 1 heterocycles. The van der Waals surface area contributed by atoms with E-state index in [2.05, 4.69) is 16.9 Å². The molecule has 1 amide bonds. The van der Waals surface area contributed by atoms with Crippen LogP contribution < -0.4 is 5.14 Å². The Morgan fingerprint density at radius 2 is 1.79 bits per heavy atom. The zero-order valence-corrected chi connectivity index (χ0v) is 16.6. The van der Waals surface area contributed by atoms with Crippen molar-refractivity contribution in [1.29, 1.82) is 0 Å². The molecule has 0 aliphatic rings. The number of hydrogen-bond donors (Lipinski definition) is 2. The summed E-state index contributed by atoms with van der Waals surface area (Å²) in [5, 5.41) is 19.6. The number of rotatable bonds is 3. The highest BCUT2D eigenvalue weighted by Gasteiger charge is 2.13. The van der Waals surface area contributed by atoms with E-state index < -0.39 is 15.9 Å². The van der Waals surface area contributed by atoms with Crippen molar-refractivity contribution in [2.75, 3.05) is 7.05 Å². The lowest BCUT2D eigenvalue weighted by molar-refractivity contribution is -0.152. The highest BCUT2D eigenvalue weighted by atomic mass is 35.5. The second-order valence-corrected chi connectivity index (χ2v) is 7.95. The Balaban J connectivity index is 2.11. The number of hydroxylamine groups is 2. The van der Waals surface area contributed by atoms with Crippen LogP contribution in [0.5, 0.6) is 0 Å². The number of aromatic nitrogens is 2. The summed E-state index contributed by atoms with van der Waals surface area (Å²) in [4.78, 5) is 11.5. The number of sulfonamides is 1. The second-order valence-electron chi connectivity index (χ2n) is 5.95. The minimum absolute atomic E-state index is 0.0296. The van der Waals surface area contributed by atoms with Crippen molar-refractivity contribution in [2.24, 2.45) is 5.14 Å². The van der Waals surface area contributed by atoms with Crippen LogP contribution in [0.4, 0.5) is 0 Å². The fourth-order valence-corrected chi connectivity index (χ4v) is 3.08. The standard InChI is InChI=1S/C19H15ClN4O4S/c1-23(26)19(25)11-6-15-12-18(13-2-4-14(20)5-3-13)24(22-15)16-7-9-17(10-8-16)29(21,27)28/h2-5,7-10,12,26H,1H3,(H2,21,27,28). The molecule has 3 rings (SSSR count). The summed E-state index contributed by atoms with van der Waals surface area (Å²) in [6, 6.07) is 14.5. The van der Waals surface area contributed by atoms with Crippen LogP contribution in [0.3, 0.4) is 0 Å². The Kier molecular flexibility index (Phi) is 5.72. The highest BCUT2D eigenvalue weighted by molar-refractivity contribution is 7.89. The van der Waals surface area contributed by atoms with Crippen molar-refractivity contribution >= 4 is 27.5 Å². The fraction of sp³-hybridized carbons (Fsp3) is 0.0526. The molecule has 0 fully saturated rings. The Labute approximate surface area is 172 Å². The number of amides is 1. The third kappa shape index (κ3) is 4.82. The molecule has 0 spiro atoms. The number of carbonyl (C=O) groups excluding carboxylic acids is 1. The Morgan fingerprint density at radius 3 is 2.34 bits per heavy atom. The van der Waals surface area contributed by atoms with Gasteiger partial charge in [0.05, 0.1) is 16.3 Å². The number of benzene rings is 2. The van der Waals surface area contributed by atoms with Crippen molar-refractivity contribution in [3.8, 4) is 28.8 Å². The SMILES string of the molecule is CN(O)C(=O)C#Cc1cc(-c2ccc(Cl)cc2)n(-c2ccc(S(N)(=O)=O)cc2)n1. The Hall–Kier alpha value is -3.16. The van der Waals surface area contributed by atoms with Crippen molar-refractivity contribution in [2.45, 2.75) is 4.90 Å². The minimum Gasteiger partial charge on any atom is -0.285 e. The van der Waals surface area contributed by atoms with Gasteiger partial charge in [0.25, 0.3) is 0 Å². The maximum Gasteiger partial charge on any atom is 0.322 e. The van der Waals surface area contributed by atoms with Gasteiger partial charge in [-0.15, -0.1) is 0 Å². The molecular weight excluding hydrogens is 416 g/mol. The normalized spacial score (nSPS) is 10.9. The molecule has 3 N–H and O–H groups in total. The van der Waals surface area contributed by atoms with Gasteiger partial charge in [0.15, 0.2) is 0 Å². The number of primary sulfonamides is 1. The number of carbonyl (C=O) groups is 1.